The third-order valence-corrected chi connectivity index (χ3v) is 6.30. The van der Waals surface area contributed by atoms with E-state index in [0.29, 0.717) is 24.3 Å². The minimum Gasteiger partial charge on any atom is -0.497 e. The first-order chi connectivity index (χ1) is 14.1. The van der Waals surface area contributed by atoms with Crippen molar-refractivity contribution < 1.29 is 14.3 Å². The van der Waals surface area contributed by atoms with Gasteiger partial charge in [0.1, 0.15) is 5.75 Å². The highest BCUT2D eigenvalue weighted by atomic mass is 16.5. The van der Waals surface area contributed by atoms with Crippen molar-refractivity contribution in [2.45, 2.75) is 32.2 Å². The van der Waals surface area contributed by atoms with Crippen LogP contribution in [0.4, 0.5) is 0 Å². The van der Waals surface area contributed by atoms with E-state index in [1.54, 1.807) is 25.6 Å². The van der Waals surface area contributed by atoms with Gasteiger partial charge in [-0.15, -0.1) is 0 Å². The molecule has 0 atom stereocenters. The van der Waals surface area contributed by atoms with Crippen LogP contribution in [-0.4, -0.2) is 53.3 Å². The lowest BCUT2D eigenvalue weighted by Crippen LogP contribution is -2.52. The van der Waals surface area contributed by atoms with Crippen molar-refractivity contribution in [3.8, 4) is 5.75 Å². The van der Waals surface area contributed by atoms with Crippen LogP contribution in [0.3, 0.4) is 0 Å². The number of piperidine rings is 2. The molecule has 0 N–H and O–H groups in total. The van der Waals surface area contributed by atoms with Gasteiger partial charge in [0.15, 0.2) is 0 Å². The lowest BCUT2D eigenvalue weighted by molar-refractivity contribution is -0.139. The maximum absolute atomic E-state index is 12.9. The van der Waals surface area contributed by atoms with Crippen LogP contribution < -0.4 is 4.74 Å². The Kier molecular flexibility index (Phi) is 5.51. The Morgan fingerprint density at radius 2 is 1.90 bits per heavy atom. The topological polar surface area (TPSA) is 62.7 Å². The van der Waals surface area contributed by atoms with E-state index in [0.717, 1.165) is 44.5 Å². The van der Waals surface area contributed by atoms with Crippen molar-refractivity contribution in [3.63, 3.8) is 0 Å². The van der Waals surface area contributed by atoms with E-state index in [1.165, 1.54) is 0 Å². The molecule has 2 fully saturated rings. The number of carbonyl (C=O) groups excluding carboxylic acids is 2. The van der Waals surface area contributed by atoms with Gasteiger partial charge in [-0.1, -0.05) is 6.07 Å². The molecule has 2 aliphatic rings. The summed E-state index contributed by atoms with van der Waals surface area (Å²) in [5, 5.41) is 0. The Hall–Kier alpha value is -2.89. The fourth-order valence-corrected chi connectivity index (χ4v) is 4.49. The number of ether oxygens (including phenoxy) is 1. The largest absolute Gasteiger partial charge is 0.497 e. The smallest absolute Gasteiger partial charge is 0.253 e. The predicted octanol–water partition coefficient (Wildman–Crippen LogP) is 3.14. The summed E-state index contributed by atoms with van der Waals surface area (Å²) in [6.45, 7) is 2.87. The molecule has 1 aromatic carbocycles. The standard InChI is InChI=1S/C23H27N3O3/c1-29-20-4-2-3-19(15-20)22(28)25-13-9-23(10-14-25)8-5-21(27)26(17-23)16-18-6-11-24-12-7-18/h2-4,6-7,11-12,15H,5,8-10,13-14,16-17H2,1H3. The van der Waals surface area contributed by atoms with E-state index in [1.807, 2.05) is 40.1 Å². The van der Waals surface area contributed by atoms with Crippen molar-refractivity contribution in [1.29, 1.82) is 0 Å². The zero-order valence-electron chi connectivity index (χ0n) is 16.8. The van der Waals surface area contributed by atoms with Gasteiger partial charge in [0, 0.05) is 50.6 Å². The van der Waals surface area contributed by atoms with Crippen molar-refractivity contribution in [2.75, 3.05) is 26.7 Å². The molecule has 2 aromatic rings. The summed E-state index contributed by atoms with van der Waals surface area (Å²) in [7, 11) is 1.61. The summed E-state index contributed by atoms with van der Waals surface area (Å²) in [6, 6.07) is 11.3. The van der Waals surface area contributed by atoms with E-state index < -0.39 is 0 Å². The van der Waals surface area contributed by atoms with Crippen LogP contribution in [0.1, 0.15) is 41.6 Å². The number of hydrogen-bond donors (Lipinski definition) is 0. The molecule has 0 saturated carbocycles. The number of benzene rings is 1. The van der Waals surface area contributed by atoms with Gasteiger partial charge < -0.3 is 14.5 Å². The number of nitrogens with zero attached hydrogens (tertiary/aromatic N) is 3. The third kappa shape index (κ3) is 4.26. The number of amides is 2. The number of aromatic nitrogens is 1. The fourth-order valence-electron chi connectivity index (χ4n) is 4.49. The van der Waals surface area contributed by atoms with E-state index >= 15 is 0 Å². The molecule has 1 aromatic heterocycles. The summed E-state index contributed by atoms with van der Waals surface area (Å²) in [4.78, 5) is 33.3. The zero-order chi connectivity index (χ0) is 20.3. The van der Waals surface area contributed by atoms with Crippen LogP contribution in [0.15, 0.2) is 48.8 Å². The first kappa shape index (κ1) is 19.4. The summed E-state index contributed by atoms with van der Waals surface area (Å²) in [5.74, 6) is 0.975. The Morgan fingerprint density at radius 3 is 2.62 bits per heavy atom. The predicted molar refractivity (Wildman–Crippen MR) is 109 cm³/mol. The molecule has 0 aliphatic carbocycles. The average Bonchev–Trinajstić information content (AvgIpc) is 2.77. The monoisotopic (exact) mass is 393 g/mol. The molecule has 0 unspecified atom stereocenters. The molecular formula is C23H27N3O3. The third-order valence-electron chi connectivity index (χ3n) is 6.30. The minimum atomic E-state index is 0.0549. The van der Waals surface area contributed by atoms with Crippen LogP contribution in [-0.2, 0) is 11.3 Å². The van der Waals surface area contributed by atoms with E-state index in [2.05, 4.69) is 4.98 Å². The molecule has 0 radical (unpaired) electrons. The quantitative estimate of drug-likeness (QED) is 0.801. The zero-order valence-corrected chi connectivity index (χ0v) is 16.8. The van der Waals surface area contributed by atoms with Gasteiger partial charge in [0.25, 0.3) is 5.91 Å². The highest BCUT2D eigenvalue weighted by Gasteiger charge is 2.41. The maximum Gasteiger partial charge on any atom is 0.253 e. The van der Waals surface area contributed by atoms with Gasteiger partial charge in [-0.3, -0.25) is 14.6 Å². The molecular weight excluding hydrogens is 366 g/mol. The molecule has 3 heterocycles. The number of pyridine rings is 1. The Labute approximate surface area is 171 Å². The van der Waals surface area contributed by atoms with E-state index in [-0.39, 0.29) is 17.2 Å². The molecule has 6 nitrogen and oxygen atoms in total. The molecule has 6 heteroatoms. The van der Waals surface area contributed by atoms with E-state index in [4.69, 9.17) is 4.74 Å². The number of likely N-dealkylation sites (tertiary alicyclic amines) is 2. The first-order valence-corrected chi connectivity index (χ1v) is 10.2. The van der Waals surface area contributed by atoms with E-state index in [9.17, 15) is 9.59 Å². The number of methoxy groups -OCH3 is 1. The van der Waals surface area contributed by atoms with Gasteiger partial charge in [-0.05, 0) is 60.6 Å². The van der Waals surface area contributed by atoms with Crippen LogP contribution in [0, 0.1) is 5.41 Å². The van der Waals surface area contributed by atoms with Gasteiger partial charge in [-0.2, -0.15) is 0 Å². The molecule has 0 bridgehead atoms. The first-order valence-electron chi connectivity index (χ1n) is 10.2. The maximum atomic E-state index is 12.9. The van der Waals surface area contributed by atoms with Crippen molar-refractivity contribution in [2.24, 2.45) is 5.41 Å². The number of hydrogen-bond acceptors (Lipinski definition) is 4. The SMILES string of the molecule is COc1cccc(C(=O)N2CCC3(CCC(=O)N(Cc4ccncc4)C3)CC2)c1. The molecule has 1 spiro atoms. The summed E-state index contributed by atoms with van der Waals surface area (Å²) >= 11 is 0. The van der Waals surface area contributed by atoms with Gasteiger partial charge in [0.2, 0.25) is 5.91 Å². The second-order valence-corrected chi connectivity index (χ2v) is 8.13. The van der Waals surface area contributed by atoms with Crippen LogP contribution in [0.5, 0.6) is 5.75 Å². The second-order valence-electron chi connectivity index (χ2n) is 8.13. The molecule has 2 aliphatic heterocycles. The van der Waals surface area contributed by atoms with Crippen LogP contribution >= 0.6 is 0 Å². The highest BCUT2D eigenvalue weighted by Crippen LogP contribution is 2.41. The fraction of sp³-hybridized carbons (Fsp3) is 0.435. The van der Waals surface area contributed by atoms with Crippen molar-refractivity contribution >= 4 is 11.8 Å². The highest BCUT2D eigenvalue weighted by molar-refractivity contribution is 5.94. The molecule has 29 heavy (non-hydrogen) atoms. The van der Waals surface area contributed by atoms with Crippen molar-refractivity contribution in [1.82, 2.24) is 14.8 Å². The lowest BCUT2D eigenvalue weighted by Gasteiger charge is -2.47. The van der Waals surface area contributed by atoms with Gasteiger partial charge in [0.05, 0.1) is 7.11 Å². The number of carbonyl (C=O) groups is 2. The summed E-state index contributed by atoms with van der Waals surface area (Å²) in [6.07, 6.45) is 6.91. The normalized spacial score (nSPS) is 18.7. The van der Waals surface area contributed by atoms with Crippen molar-refractivity contribution in [3.05, 3.63) is 59.9 Å². The van der Waals surface area contributed by atoms with Gasteiger partial charge in [-0.25, -0.2) is 0 Å². The molecule has 2 amide bonds. The Bertz CT molecular complexity index is 876. The Balaban J connectivity index is 1.40. The van der Waals surface area contributed by atoms with Crippen LogP contribution in [0.2, 0.25) is 0 Å². The lowest BCUT2D eigenvalue weighted by atomic mass is 9.72. The second kappa shape index (κ2) is 8.23. The average molecular weight is 393 g/mol. The Morgan fingerprint density at radius 1 is 1.14 bits per heavy atom. The summed E-state index contributed by atoms with van der Waals surface area (Å²) < 4.78 is 5.24. The molecule has 4 rings (SSSR count). The number of rotatable bonds is 4. The van der Waals surface area contributed by atoms with Gasteiger partial charge >= 0.3 is 0 Å². The minimum absolute atomic E-state index is 0.0549. The molecule has 2 saturated heterocycles. The van der Waals surface area contributed by atoms with Crippen LogP contribution in [0.25, 0.3) is 0 Å². The molecule has 152 valence electrons. The summed E-state index contributed by atoms with van der Waals surface area (Å²) in [5.41, 5.74) is 1.89.